The molecule has 0 N–H and O–H groups in total. The molecule has 1 aliphatic heterocycles. The van der Waals surface area contributed by atoms with Gasteiger partial charge in [-0.2, -0.15) is 0 Å². The summed E-state index contributed by atoms with van der Waals surface area (Å²) in [5, 5.41) is 0. The molecule has 10 heavy (non-hydrogen) atoms. The molecule has 0 aromatic rings. The second-order valence-electron chi connectivity index (χ2n) is 4.33. The Morgan fingerprint density at radius 2 is 1.90 bits per heavy atom. The van der Waals surface area contributed by atoms with E-state index in [2.05, 4.69) is 26.4 Å². The Morgan fingerprint density at radius 1 is 1.30 bits per heavy atom. The van der Waals surface area contributed by atoms with E-state index in [0.29, 0.717) is 0 Å². The van der Waals surface area contributed by atoms with Crippen molar-refractivity contribution in [3.63, 3.8) is 0 Å². The molecule has 0 nitrogen and oxygen atoms in total. The average molecular weight is 265 g/mol. The minimum absolute atomic E-state index is 0.0204. The van der Waals surface area contributed by atoms with E-state index in [4.69, 9.17) is 0 Å². The summed E-state index contributed by atoms with van der Waals surface area (Å²) < 4.78 is 0.820. The zero-order chi connectivity index (χ0) is 7.83. The molecule has 0 aromatic heterocycles. The first-order valence-electron chi connectivity index (χ1n) is 3.91. The van der Waals surface area contributed by atoms with Crippen LogP contribution < -0.4 is 0 Å². The molecule has 60 valence electrons. The quantitative estimate of drug-likeness (QED) is 0.591. The molecule has 1 heterocycles. The van der Waals surface area contributed by atoms with Crippen LogP contribution in [0.1, 0.15) is 26.7 Å². The predicted octanol–water partition coefficient (Wildman–Crippen LogP) is 2.66. The zero-order valence-corrected chi connectivity index (χ0v) is 11.2. The molecule has 0 bridgehead atoms. The Kier molecular flexibility index (Phi) is 2.67. The van der Waals surface area contributed by atoms with Gasteiger partial charge >= 0.3 is 75.4 Å². The summed E-state index contributed by atoms with van der Waals surface area (Å²) in [4.78, 5) is 0. The summed E-state index contributed by atoms with van der Waals surface area (Å²) in [5.74, 6) is 1.59. The monoisotopic (exact) mass is 266 g/mol. The Morgan fingerprint density at radius 3 is 2.20 bits per heavy atom. The van der Waals surface area contributed by atoms with Crippen molar-refractivity contribution in [2.24, 2.45) is 0 Å². The van der Waals surface area contributed by atoms with Crippen LogP contribution in [-0.4, -0.2) is 38.0 Å². The fourth-order valence-corrected chi connectivity index (χ4v) is 20.6. The van der Waals surface area contributed by atoms with Gasteiger partial charge in [-0.1, -0.05) is 0 Å². The molecule has 0 unspecified atom stereocenters. The molecule has 1 fully saturated rings. The van der Waals surface area contributed by atoms with Crippen molar-refractivity contribution in [2.75, 3.05) is 18.3 Å². The van der Waals surface area contributed by atoms with E-state index in [0.717, 1.165) is 3.43 Å². The van der Waals surface area contributed by atoms with Crippen molar-refractivity contribution in [1.29, 1.82) is 0 Å². The van der Waals surface area contributed by atoms with Gasteiger partial charge < -0.3 is 0 Å². The first-order chi connectivity index (χ1) is 4.41. The van der Waals surface area contributed by atoms with Gasteiger partial charge in [0.05, 0.1) is 0 Å². The molecular formula is C8H18SSn. The van der Waals surface area contributed by atoms with Crippen LogP contribution in [0.25, 0.3) is 0 Å². The first-order valence-corrected chi connectivity index (χ1v) is 11.5. The minimum atomic E-state index is -0.0297. The van der Waals surface area contributed by atoms with Crippen molar-refractivity contribution in [3.05, 3.63) is 0 Å². The molecule has 1 saturated heterocycles. The van der Waals surface area contributed by atoms with Crippen molar-refractivity contribution in [2.45, 2.75) is 30.1 Å². The standard InChI is InChI=1S/C8H18S.Sn/c1-8(2)6-5-7-9(3)4;/h5-7H2,1-4H3;/q+1;-1. The number of rotatable bonds is 0. The van der Waals surface area contributed by atoms with Crippen molar-refractivity contribution in [3.8, 4) is 0 Å². The summed E-state index contributed by atoms with van der Waals surface area (Å²) >= 11 is -0.0297. The third kappa shape index (κ3) is 2.65. The van der Waals surface area contributed by atoms with Gasteiger partial charge in [-0.25, -0.2) is 0 Å². The number of hydrogen-bond acceptors (Lipinski definition) is 0. The van der Waals surface area contributed by atoms with Crippen LogP contribution in [0.4, 0.5) is 0 Å². The van der Waals surface area contributed by atoms with Gasteiger partial charge in [-0.3, -0.25) is 0 Å². The van der Waals surface area contributed by atoms with Gasteiger partial charge in [0.1, 0.15) is 0 Å². The number of hydrogen-bond donors (Lipinski definition) is 0. The first kappa shape index (κ1) is 9.24. The maximum absolute atomic E-state index is 2.56. The molecule has 2 radical (unpaired) electrons. The summed E-state index contributed by atoms with van der Waals surface area (Å²) in [6.07, 6.45) is 8.14. The fraction of sp³-hybridized carbons (Fsp3) is 1.00. The van der Waals surface area contributed by atoms with E-state index in [1.807, 2.05) is 0 Å². The Hall–Kier alpha value is 1.15. The van der Waals surface area contributed by atoms with Gasteiger partial charge in [0, 0.05) is 0 Å². The topological polar surface area (TPSA) is 0 Å². The van der Waals surface area contributed by atoms with Crippen molar-refractivity contribution < 1.29 is 0 Å². The Bertz CT molecular complexity index is 115. The van der Waals surface area contributed by atoms with E-state index >= 15 is 0 Å². The summed E-state index contributed by atoms with van der Waals surface area (Å²) in [7, 11) is -0.0204. The van der Waals surface area contributed by atoms with Gasteiger partial charge in [-0.15, -0.1) is 0 Å². The van der Waals surface area contributed by atoms with Crippen molar-refractivity contribution in [1.82, 2.24) is 0 Å². The predicted molar refractivity (Wildman–Crippen MR) is 53.3 cm³/mol. The van der Waals surface area contributed by atoms with Crippen molar-refractivity contribution >= 4 is 27.0 Å². The Labute approximate surface area is 75.1 Å². The zero-order valence-electron chi connectivity index (χ0n) is 7.53. The molecule has 1 aliphatic rings. The van der Waals surface area contributed by atoms with Gasteiger partial charge in [0.25, 0.3) is 0 Å². The van der Waals surface area contributed by atoms with Crippen LogP contribution in [-0.2, 0) is 0 Å². The molecular weight excluding hydrogens is 247 g/mol. The average Bonchev–Trinajstić information content (AvgIpc) is 1.56. The van der Waals surface area contributed by atoms with Gasteiger partial charge in [0.2, 0.25) is 0 Å². The molecule has 2 heteroatoms. The van der Waals surface area contributed by atoms with E-state index in [-0.39, 0.29) is 27.0 Å². The second kappa shape index (κ2) is 2.89. The second-order valence-corrected chi connectivity index (χ2v) is 23.1. The SMILES string of the molecule is C[C]1(C)CCC[S](C)(C)[Sn]1. The molecule has 0 amide bonds. The van der Waals surface area contributed by atoms with Crippen LogP contribution in [0.3, 0.4) is 0 Å². The van der Waals surface area contributed by atoms with Crippen LogP contribution in [0.15, 0.2) is 0 Å². The van der Waals surface area contributed by atoms with E-state index < -0.39 is 0 Å². The summed E-state index contributed by atoms with van der Waals surface area (Å²) in [5.41, 5.74) is 0. The molecule has 0 aromatic carbocycles. The summed E-state index contributed by atoms with van der Waals surface area (Å²) in [6.45, 7) is 4.99. The maximum atomic E-state index is 2.56. The van der Waals surface area contributed by atoms with E-state index in [1.165, 1.54) is 12.8 Å². The molecule has 0 saturated carbocycles. The fourth-order valence-electron chi connectivity index (χ4n) is 1.72. The van der Waals surface area contributed by atoms with Crippen LogP contribution in [0.5, 0.6) is 0 Å². The van der Waals surface area contributed by atoms with Gasteiger partial charge in [-0.05, 0) is 0 Å². The third-order valence-electron chi connectivity index (χ3n) is 2.01. The molecule has 1 rings (SSSR count). The summed E-state index contributed by atoms with van der Waals surface area (Å²) in [6, 6.07) is 0. The molecule has 0 spiro atoms. The van der Waals surface area contributed by atoms with Crippen LogP contribution in [0, 0.1) is 0 Å². The van der Waals surface area contributed by atoms with Crippen LogP contribution in [0.2, 0.25) is 3.43 Å². The van der Waals surface area contributed by atoms with E-state index in [9.17, 15) is 0 Å². The van der Waals surface area contributed by atoms with E-state index in [1.54, 1.807) is 5.75 Å². The molecule has 0 aliphatic carbocycles. The Balaban J connectivity index is 2.56. The third-order valence-corrected chi connectivity index (χ3v) is 16.3. The normalized spacial score (nSPS) is 33.2. The van der Waals surface area contributed by atoms with Crippen LogP contribution >= 0.6 is 7.21 Å². The van der Waals surface area contributed by atoms with Gasteiger partial charge in [0.15, 0.2) is 0 Å². The molecule has 0 atom stereocenters.